The number of carbonyl (C=O) groups excluding carboxylic acids is 2. The molecule has 0 saturated heterocycles. The number of amides is 2. The third kappa shape index (κ3) is 3.12. The fraction of sp³-hybridized carbons (Fsp3) is 0.333. The van der Waals surface area contributed by atoms with Crippen LogP contribution in [0.15, 0.2) is 60.7 Å². The molecule has 1 aliphatic carbocycles. The molecule has 2 aromatic carbocycles. The maximum Gasteiger partial charge on any atom is 0.261 e. The fourth-order valence-electron chi connectivity index (χ4n) is 4.20. The predicted molar refractivity (Wildman–Crippen MR) is 108 cm³/mol. The van der Waals surface area contributed by atoms with E-state index in [2.05, 4.69) is 13.5 Å². The minimum atomic E-state index is -0.636. The summed E-state index contributed by atoms with van der Waals surface area (Å²) in [5.41, 5.74) is 3.95. The third-order valence-corrected chi connectivity index (χ3v) is 6.15. The Hall–Kier alpha value is -2.68. The lowest BCUT2D eigenvalue weighted by atomic mass is 9.53. The maximum atomic E-state index is 13.3. The van der Waals surface area contributed by atoms with Gasteiger partial charge in [-0.25, -0.2) is 0 Å². The zero-order valence-electron chi connectivity index (χ0n) is 16.6. The number of carbonyl (C=O) groups is 2. The number of imide groups is 1. The highest BCUT2D eigenvalue weighted by Gasteiger charge is 2.58. The second-order valence-electron chi connectivity index (χ2n) is 8.19. The highest BCUT2D eigenvalue weighted by atomic mass is 16.2. The second-order valence-corrected chi connectivity index (χ2v) is 8.19. The maximum absolute atomic E-state index is 13.3. The zero-order chi connectivity index (χ0) is 19.8. The van der Waals surface area contributed by atoms with Crippen LogP contribution in [0.1, 0.15) is 53.7 Å². The van der Waals surface area contributed by atoms with Gasteiger partial charge in [0, 0.05) is 5.56 Å². The number of hydrogen-bond acceptors (Lipinski definition) is 2. The van der Waals surface area contributed by atoms with Gasteiger partial charge >= 0.3 is 0 Å². The van der Waals surface area contributed by atoms with E-state index in [1.807, 2.05) is 63.2 Å². The van der Waals surface area contributed by atoms with Crippen molar-refractivity contribution in [3.05, 3.63) is 82.9 Å². The van der Waals surface area contributed by atoms with Gasteiger partial charge in [-0.15, -0.1) is 0 Å². The van der Waals surface area contributed by atoms with Gasteiger partial charge < -0.3 is 0 Å². The minimum Gasteiger partial charge on any atom is -0.278 e. The highest BCUT2D eigenvalue weighted by Crippen LogP contribution is 2.60. The molecular formula is C24H27NO2. The van der Waals surface area contributed by atoms with E-state index in [0.717, 1.165) is 22.3 Å². The summed E-state index contributed by atoms with van der Waals surface area (Å²) in [7, 11) is 0. The van der Waals surface area contributed by atoms with Crippen molar-refractivity contribution in [2.45, 2.75) is 46.1 Å². The number of benzene rings is 2. The van der Waals surface area contributed by atoms with Crippen molar-refractivity contribution in [2.24, 2.45) is 5.41 Å². The van der Waals surface area contributed by atoms with Gasteiger partial charge in [0.1, 0.15) is 0 Å². The van der Waals surface area contributed by atoms with Crippen LogP contribution in [-0.2, 0) is 10.3 Å². The molecule has 0 N–H and O–H groups in total. The smallest absolute Gasteiger partial charge is 0.261 e. The summed E-state index contributed by atoms with van der Waals surface area (Å²) in [6.45, 7) is 12.2. The molecule has 1 saturated carbocycles. The summed E-state index contributed by atoms with van der Waals surface area (Å²) in [4.78, 5) is 26.9. The van der Waals surface area contributed by atoms with Crippen molar-refractivity contribution in [2.75, 3.05) is 0 Å². The molecule has 0 unspecified atom stereocenters. The van der Waals surface area contributed by atoms with Gasteiger partial charge in [-0.3, -0.25) is 14.5 Å². The van der Waals surface area contributed by atoms with Crippen molar-refractivity contribution < 1.29 is 9.59 Å². The molecule has 140 valence electrons. The van der Waals surface area contributed by atoms with Gasteiger partial charge in [-0.05, 0) is 56.2 Å². The molecule has 0 radical (unpaired) electrons. The molecule has 0 aromatic heterocycles. The van der Waals surface area contributed by atoms with Crippen molar-refractivity contribution in [1.29, 1.82) is 0 Å². The first-order chi connectivity index (χ1) is 12.7. The quantitative estimate of drug-likeness (QED) is 0.544. The largest absolute Gasteiger partial charge is 0.278 e. The Morgan fingerprint density at radius 2 is 1.67 bits per heavy atom. The molecule has 0 aliphatic heterocycles. The van der Waals surface area contributed by atoms with E-state index in [1.165, 1.54) is 4.90 Å². The van der Waals surface area contributed by atoms with Crippen LogP contribution >= 0.6 is 0 Å². The Kier molecular flexibility index (Phi) is 4.81. The van der Waals surface area contributed by atoms with Crippen LogP contribution in [0.4, 0.5) is 0 Å². The van der Waals surface area contributed by atoms with Crippen LogP contribution in [0.25, 0.3) is 0 Å². The fourth-order valence-corrected chi connectivity index (χ4v) is 4.20. The first-order valence-corrected chi connectivity index (χ1v) is 9.31. The first kappa shape index (κ1) is 19.1. The zero-order valence-corrected chi connectivity index (χ0v) is 16.6. The summed E-state index contributed by atoms with van der Waals surface area (Å²) in [6, 6.07) is 15.6. The monoisotopic (exact) mass is 361 g/mol. The molecule has 2 amide bonds. The van der Waals surface area contributed by atoms with E-state index in [9.17, 15) is 9.59 Å². The lowest BCUT2D eigenvalue weighted by molar-refractivity contribution is -0.129. The molecule has 27 heavy (non-hydrogen) atoms. The summed E-state index contributed by atoms with van der Waals surface area (Å²) in [6.07, 6.45) is 2.08. The molecular weight excluding hydrogens is 334 g/mol. The molecule has 3 nitrogen and oxygen atoms in total. The van der Waals surface area contributed by atoms with E-state index < -0.39 is 5.54 Å². The van der Waals surface area contributed by atoms with Crippen LogP contribution in [-0.4, -0.2) is 17.2 Å². The minimum absolute atomic E-state index is 0.0852. The Bertz CT molecular complexity index is 889. The van der Waals surface area contributed by atoms with Gasteiger partial charge in [0.15, 0.2) is 0 Å². The average Bonchev–Trinajstić information content (AvgIpc) is 2.61. The molecule has 1 aliphatic rings. The molecule has 3 rings (SSSR count). The van der Waals surface area contributed by atoms with Gasteiger partial charge in [0.05, 0.1) is 5.54 Å². The third-order valence-electron chi connectivity index (χ3n) is 6.15. The van der Waals surface area contributed by atoms with Gasteiger partial charge in [-0.2, -0.15) is 0 Å². The summed E-state index contributed by atoms with van der Waals surface area (Å²) < 4.78 is 0. The van der Waals surface area contributed by atoms with Gasteiger partial charge in [0.2, 0.25) is 6.41 Å². The molecule has 3 heteroatoms. The average molecular weight is 361 g/mol. The molecule has 0 heterocycles. The summed E-state index contributed by atoms with van der Waals surface area (Å²) >= 11 is 0. The SMILES string of the molecule is C=C(C)C1(C)CC(c2ccc(C)cc2)(N(C=O)C(=O)c2ccccc2C)C1. The van der Waals surface area contributed by atoms with Crippen molar-refractivity contribution in [3.63, 3.8) is 0 Å². The molecule has 0 spiro atoms. The lowest BCUT2D eigenvalue weighted by Crippen LogP contribution is -2.60. The van der Waals surface area contributed by atoms with E-state index >= 15 is 0 Å². The predicted octanol–water partition coefficient (Wildman–Crippen LogP) is 5.17. The van der Waals surface area contributed by atoms with E-state index in [1.54, 1.807) is 6.07 Å². The van der Waals surface area contributed by atoms with Crippen molar-refractivity contribution in [1.82, 2.24) is 4.90 Å². The number of hydrogen-bond donors (Lipinski definition) is 0. The standard InChI is InChI=1S/C24H27NO2/c1-17(2)23(5)14-24(15-23,20-12-10-18(3)11-13-20)25(16-26)22(27)21-9-7-6-8-19(21)4/h6-13,16H,1,14-15H2,2-5H3. The molecule has 2 aromatic rings. The van der Waals surface area contributed by atoms with E-state index in [4.69, 9.17) is 0 Å². The normalized spacial score (nSPS) is 24.0. The van der Waals surface area contributed by atoms with Gasteiger partial charge in [0.25, 0.3) is 5.91 Å². The van der Waals surface area contributed by atoms with E-state index in [-0.39, 0.29) is 11.3 Å². The lowest BCUT2D eigenvalue weighted by Gasteiger charge is -2.58. The van der Waals surface area contributed by atoms with Crippen LogP contribution in [0.5, 0.6) is 0 Å². The van der Waals surface area contributed by atoms with Crippen LogP contribution in [0.3, 0.4) is 0 Å². The van der Waals surface area contributed by atoms with Gasteiger partial charge in [-0.1, -0.05) is 67.1 Å². The Morgan fingerprint density at radius 3 is 2.19 bits per heavy atom. The Balaban J connectivity index is 2.08. The Morgan fingerprint density at radius 1 is 1.07 bits per heavy atom. The molecule has 0 atom stereocenters. The van der Waals surface area contributed by atoms with Crippen molar-refractivity contribution >= 4 is 12.3 Å². The first-order valence-electron chi connectivity index (χ1n) is 9.31. The van der Waals surface area contributed by atoms with Crippen LogP contribution in [0, 0.1) is 19.3 Å². The number of rotatable bonds is 5. The topological polar surface area (TPSA) is 37.4 Å². The number of allylic oxidation sites excluding steroid dienone is 1. The number of nitrogens with zero attached hydrogens (tertiary/aromatic N) is 1. The second kappa shape index (κ2) is 6.80. The summed E-state index contributed by atoms with van der Waals surface area (Å²) in [5, 5.41) is 0. The Labute approximate surface area is 161 Å². The summed E-state index contributed by atoms with van der Waals surface area (Å²) in [5.74, 6) is -0.243. The highest BCUT2D eigenvalue weighted by molar-refractivity contribution is 6.01. The molecule has 1 fully saturated rings. The number of aryl methyl sites for hydroxylation is 2. The molecule has 0 bridgehead atoms. The van der Waals surface area contributed by atoms with Crippen LogP contribution in [0.2, 0.25) is 0 Å². The van der Waals surface area contributed by atoms with Crippen molar-refractivity contribution in [3.8, 4) is 0 Å². The van der Waals surface area contributed by atoms with E-state index in [0.29, 0.717) is 24.8 Å². The van der Waals surface area contributed by atoms with Crippen LogP contribution < -0.4 is 0 Å².